The maximum atomic E-state index is 11.5. The quantitative estimate of drug-likeness (QED) is 0.726. The largest absolute Gasteiger partial charge is 0.508 e. The molecule has 0 fully saturated rings. The molecule has 0 saturated carbocycles. The summed E-state index contributed by atoms with van der Waals surface area (Å²) in [4.78, 5) is 22.4. The molecule has 2 N–H and O–H groups in total. The smallest absolute Gasteiger partial charge is 0.220 e. The standard InChI is InChI=1S/C11H13NO3/c1-2-11(15)12-7-10(14)8-3-5-9(13)6-4-8/h3-6,13H,2,7H2,1H3,(H,12,15). The molecule has 1 amide bonds. The molecule has 0 radical (unpaired) electrons. The van der Waals surface area contributed by atoms with Crippen LogP contribution in [0, 0.1) is 0 Å². The number of amides is 1. The van der Waals surface area contributed by atoms with E-state index in [1.165, 1.54) is 24.3 Å². The molecule has 0 aliphatic rings. The summed E-state index contributed by atoms with van der Waals surface area (Å²) in [6, 6.07) is 5.93. The van der Waals surface area contributed by atoms with Gasteiger partial charge in [-0.3, -0.25) is 9.59 Å². The highest BCUT2D eigenvalue weighted by Gasteiger charge is 2.06. The normalized spacial score (nSPS) is 9.67. The van der Waals surface area contributed by atoms with Gasteiger partial charge in [0.2, 0.25) is 5.91 Å². The molecule has 15 heavy (non-hydrogen) atoms. The molecular formula is C11H13NO3. The average Bonchev–Trinajstić information content (AvgIpc) is 2.26. The molecule has 0 aliphatic carbocycles. The van der Waals surface area contributed by atoms with Crippen molar-refractivity contribution in [1.82, 2.24) is 5.32 Å². The molecule has 4 heteroatoms. The van der Waals surface area contributed by atoms with Crippen molar-refractivity contribution in [2.75, 3.05) is 6.54 Å². The van der Waals surface area contributed by atoms with Crippen LogP contribution in [0.2, 0.25) is 0 Å². The predicted molar refractivity (Wildman–Crippen MR) is 55.7 cm³/mol. The first-order valence-electron chi connectivity index (χ1n) is 4.72. The molecular weight excluding hydrogens is 194 g/mol. The van der Waals surface area contributed by atoms with Crippen molar-refractivity contribution >= 4 is 11.7 Å². The topological polar surface area (TPSA) is 66.4 Å². The fourth-order valence-electron chi connectivity index (χ4n) is 1.05. The van der Waals surface area contributed by atoms with Gasteiger partial charge in [0, 0.05) is 12.0 Å². The van der Waals surface area contributed by atoms with Crippen molar-refractivity contribution in [3.63, 3.8) is 0 Å². The molecule has 4 nitrogen and oxygen atoms in total. The number of carbonyl (C=O) groups is 2. The second-order valence-electron chi connectivity index (χ2n) is 3.10. The third-order valence-corrected chi connectivity index (χ3v) is 1.96. The average molecular weight is 207 g/mol. The Morgan fingerprint density at radius 3 is 2.40 bits per heavy atom. The molecule has 0 unspecified atom stereocenters. The van der Waals surface area contributed by atoms with Crippen LogP contribution in [0.4, 0.5) is 0 Å². The molecule has 0 aromatic heterocycles. The Hall–Kier alpha value is -1.84. The third-order valence-electron chi connectivity index (χ3n) is 1.96. The van der Waals surface area contributed by atoms with Crippen LogP contribution in [0.1, 0.15) is 23.7 Å². The number of hydrogen-bond donors (Lipinski definition) is 2. The number of ketones is 1. The van der Waals surface area contributed by atoms with Crippen molar-refractivity contribution in [2.45, 2.75) is 13.3 Å². The highest BCUT2D eigenvalue weighted by Crippen LogP contribution is 2.09. The van der Waals surface area contributed by atoms with Gasteiger partial charge in [-0.25, -0.2) is 0 Å². The number of hydrogen-bond acceptors (Lipinski definition) is 3. The minimum absolute atomic E-state index is 0.00253. The SMILES string of the molecule is CCC(=O)NCC(=O)c1ccc(O)cc1. The first-order valence-corrected chi connectivity index (χ1v) is 4.72. The van der Waals surface area contributed by atoms with Crippen LogP contribution in [-0.4, -0.2) is 23.3 Å². The fourth-order valence-corrected chi connectivity index (χ4v) is 1.05. The zero-order valence-electron chi connectivity index (χ0n) is 8.49. The van der Waals surface area contributed by atoms with Gasteiger partial charge in [0.25, 0.3) is 0 Å². The maximum absolute atomic E-state index is 11.5. The van der Waals surface area contributed by atoms with Gasteiger partial charge in [-0.1, -0.05) is 6.92 Å². The number of phenols is 1. The predicted octanol–water partition coefficient (Wildman–Crippen LogP) is 1.10. The van der Waals surface area contributed by atoms with Gasteiger partial charge in [0.15, 0.2) is 5.78 Å². The lowest BCUT2D eigenvalue weighted by atomic mass is 10.1. The molecule has 1 rings (SSSR count). The van der Waals surface area contributed by atoms with E-state index >= 15 is 0 Å². The van der Waals surface area contributed by atoms with E-state index in [1.807, 2.05) is 0 Å². The van der Waals surface area contributed by atoms with Crippen LogP contribution in [0.5, 0.6) is 5.75 Å². The monoisotopic (exact) mass is 207 g/mol. The highest BCUT2D eigenvalue weighted by molar-refractivity contribution is 5.99. The van der Waals surface area contributed by atoms with Gasteiger partial charge in [-0.2, -0.15) is 0 Å². The van der Waals surface area contributed by atoms with E-state index in [0.29, 0.717) is 12.0 Å². The number of benzene rings is 1. The van der Waals surface area contributed by atoms with E-state index in [1.54, 1.807) is 6.92 Å². The first-order chi connectivity index (χ1) is 7.13. The lowest BCUT2D eigenvalue weighted by molar-refractivity contribution is -0.120. The number of carbonyl (C=O) groups excluding carboxylic acids is 2. The summed E-state index contributed by atoms with van der Waals surface area (Å²) in [6.45, 7) is 1.72. The van der Waals surface area contributed by atoms with Crippen molar-refractivity contribution in [2.24, 2.45) is 0 Å². The zero-order valence-corrected chi connectivity index (χ0v) is 8.49. The van der Waals surface area contributed by atoms with Crippen LogP contribution in [0.15, 0.2) is 24.3 Å². The third kappa shape index (κ3) is 3.42. The summed E-state index contributed by atoms with van der Waals surface area (Å²) >= 11 is 0. The van der Waals surface area contributed by atoms with Gasteiger partial charge in [0.1, 0.15) is 5.75 Å². The molecule has 0 bridgehead atoms. The minimum Gasteiger partial charge on any atom is -0.508 e. The van der Waals surface area contributed by atoms with Crippen LogP contribution in [-0.2, 0) is 4.79 Å². The Bertz CT molecular complexity index is 357. The van der Waals surface area contributed by atoms with E-state index in [2.05, 4.69) is 5.32 Å². The molecule has 0 atom stereocenters. The van der Waals surface area contributed by atoms with Gasteiger partial charge in [-0.15, -0.1) is 0 Å². The Balaban J connectivity index is 2.54. The number of rotatable bonds is 4. The Labute approximate surface area is 87.9 Å². The summed E-state index contributed by atoms with van der Waals surface area (Å²) in [5.74, 6) is -0.205. The van der Waals surface area contributed by atoms with Crippen LogP contribution >= 0.6 is 0 Å². The van der Waals surface area contributed by atoms with Crippen molar-refractivity contribution < 1.29 is 14.7 Å². The van der Waals surface area contributed by atoms with Crippen molar-refractivity contribution in [3.05, 3.63) is 29.8 Å². The maximum Gasteiger partial charge on any atom is 0.220 e. The van der Waals surface area contributed by atoms with Crippen LogP contribution < -0.4 is 5.32 Å². The first kappa shape index (κ1) is 11.2. The van der Waals surface area contributed by atoms with Crippen molar-refractivity contribution in [3.8, 4) is 5.75 Å². The fraction of sp³-hybridized carbons (Fsp3) is 0.273. The summed E-state index contributed by atoms with van der Waals surface area (Å²) < 4.78 is 0. The van der Waals surface area contributed by atoms with Gasteiger partial charge in [0.05, 0.1) is 6.54 Å². The molecule has 1 aromatic rings. The molecule has 0 spiro atoms. The van der Waals surface area contributed by atoms with Crippen molar-refractivity contribution in [1.29, 1.82) is 0 Å². The summed E-state index contributed by atoms with van der Waals surface area (Å²) in [5, 5.41) is 11.5. The van der Waals surface area contributed by atoms with Crippen LogP contribution in [0.3, 0.4) is 0 Å². The molecule has 1 aromatic carbocycles. The van der Waals surface area contributed by atoms with E-state index < -0.39 is 0 Å². The molecule has 0 saturated heterocycles. The Morgan fingerprint density at radius 2 is 1.87 bits per heavy atom. The number of aromatic hydroxyl groups is 1. The summed E-state index contributed by atoms with van der Waals surface area (Å²) in [7, 11) is 0. The Kier molecular flexibility index (Phi) is 3.85. The minimum atomic E-state index is -0.170. The van der Waals surface area contributed by atoms with E-state index in [4.69, 9.17) is 5.11 Å². The summed E-state index contributed by atoms with van der Waals surface area (Å²) in [5.41, 5.74) is 0.476. The number of phenolic OH excluding ortho intramolecular Hbond substituents is 1. The van der Waals surface area contributed by atoms with E-state index in [9.17, 15) is 9.59 Å². The molecule has 80 valence electrons. The van der Waals surface area contributed by atoms with E-state index in [0.717, 1.165) is 0 Å². The molecule has 0 heterocycles. The number of nitrogens with one attached hydrogen (secondary N) is 1. The van der Waals surface area contributed by atoms with Crippen LogP contribution in [0.25, 0.3) is 0 Å². The zero-order chi connectivity index (χ0) is 11.3. The van der Waals surface area contributed by atoms with Gasteiger partial charge in [-0.05, 0) is 24.3 Å². The lowest BCUT2D eigenvalue weighted by Gasteiger charge is -2.02. The van der Waals surface area contributed by atoms with Gasteiger partial charge >= 0.3 is 0 Å². The molecule has 0 aliphatic heterocycles. The summed E-state index contributed by atoms with van der Waals surface area (Å²) in [6.07, 6.45) is 0.364. The second kappa shape index (κ2) is 5.14. The van der Waals surface area contributed by atoms with Gasteiger partial charge < -0.3 is 10.4 Å². The second-order valence-corrected chi connectivity index (χ2v) is 3.10. The lowest BCUT2D eigenvalue weighted by Crippen LogP contribution is -2.28. The number of Topliss-reactive ketones (excluding diaryl/α,β-unsaturated/α-hetero) is 1. The Morgan fingerprint density at radius 1 is 1.27 bits per heavy atom. The van der Waals surface area contributed by atoms with E-state index in [-0.39, 0.29) is 24.0 Å². The highest BCUT2D eigenvalue weighted by atomic mass is 16.3.